The Balaban J connectivity index is 1.47. The highest BCUT2D eigenvalue weighted by atomic mass is 16.5. The Morgan fingerprint density at radius 1 is 1.11 bits per heavy atom. The van der Waals surface area contributed by atoms with Crippen molar-refractivity contribution in [2.75, 3.05) is 20.2 Å². The zero-order chi connectivity index (χ0) is 18.6. The van der Waals surface area contributed by atoms with Gasteiger partial charge in [-0.3, -0.25) is 4.79 Å². The van der Waals surface area contributed by atoms with Gasteiger partial charge in [-0.1, -0.05) is 25.7 Å². The van der Waals surface area contributed by atoms with Crippen molar-refractivity contribution in [3.63, 3.8) is 0 Å². The minimum atomic E-state index is 0.126. The second kappa shape index (κ2) is 8.47. The maximum atomic E-state index is 13.0. The van der Waals surface area contributed by atoms with Crippen molar-refractivity contribution in [1.29, 1.82) is 0 Å². The molecule has 1 aromatic heterocycles. The fourth-order valence-electron chi connectivity index (χ4n) is 4.73. The molecule has 1 unspecified atom stereocenters. The van der Waals surface area contributed by atoms with Crippen LogP contribution in [-0.4, -0.2) is 31.1 Å². The molecule has 0 bridgehead atoms. The van der Waals surface area contributed by atoms with E-state index < -0.39 is 0 Å². The molecule has 4 nitrogen and oxygen atoms in total. The molecule has 27 heavy (non-hydrogen) atoms. The molecule has 0 amide bonds. The van der Waals surface area contributed by atoms with E-state index in [1.807, 2.05) is 18.2 Å². The lowest BCUT2D eigenvalue weighted by Crippen LogP contribution is -2.37. The summed E-state index contributed by atoms with van der Waals surface area (Å²) in [5, 5.41) is 0.658. The van der Waals surface area contributed by atoms with Gasteiger partial charge in [-0.05, 0) is 69.8 Å². The largest absolute Gasteiger partial charge is 0.494 e. The normalized spacial score (nSPS) is 22.2. The van der Waals surface area contributed by atoms with Crippen LogP contribution in [0.2, 0.25) is 0 Å². The van der Waals surface area contributed by atoms with E-state index in [0.29, 0.717) is 29.5 Å². The summed E-state index contributed by atoms with van der Waals surface area (Å²) >= 11 is 0. The van der Waals surface area contributed by atoms with E-state index in [0.717, 1.165) is 30.6 Å². The van der Waals surface area contributed by atoms with Gasteiger partial charge in [0, 0.05) is 11.6 Å². The lowest BCUT2D eigenvalue weighted by molar-refractivity contribution is 0.153. The predicted octanol–water partition coefficient (Wildman–Crippen LogP) is 5.09. The summed E-state index contributed by atoms with van der Waals surface area (Å²) in [7, 11) is 2.21. The first-order valence-corrected chi connectivity index (χ1v) is 10.6. The van der Waals surface area contributed by atoms with Crippen LogP contribution in [0.4, 0.5) is 0 Å². The van der Waals surface area contributed by atoms with Crippen molar-refractivity contribution in [3.05, 3.63) is 40.2 Å². The first-order chi connectivity index (χ1) is 13.2. The topological polar surface area (TPSA) is 42.7 Å². The number of rotatable bonds is 5. The van der Waals surface area contributed by atoms with Gasteiger partial charge >= 0.3 is 0 Å². The first kappa shape index (κ1) is 18.5. The Morgan fingerprint density at radius 2 is 1.93 bits per heavy atom. The van der Waals surface area contributed by atoms with Crippen LogP contribution in [0.3, 0.4) is 0 Å². The lowest BCUT2D eigenvalue weighted by atomic mass is 9.84. The molecule has 0 radical (unpaired) electrons. The number of fused-ring (bicyclic) bond motifs is 1. The van der Waals surface area contributed by atoms with Crippen LogP contribution in [0.25, 0.3) is 11.0 Å². The van der Waals surface area contributed by atoms with Crippen LogP contribution in [0.1, 0.15) is 69.3 Å². The molecule has 1 atom stereocenters. The standard InChI is InChI=1S/C23H31NO3/c1-24-13-6-5-9-18(24)12-14-26-19-10-11-22-20(15-19)23(25)21(16-27-22)17-7-3-2-4-8-17/h10-11,15-18H,2-9,12-14H2,1H3. The van der Waals surface area contributed by atoms with Crippen LogP contribution in [0, 0.1) is 0 Å². The summed E-state index contributed by atoms with van der Waals surface area (Å²) in [6.45, 7) is 1.87. The molecule has 0 spiro atoms. The first-order valence-electron chi connectivity index (χ1n) is 10.6. The fraction of sp³-hybridized carbons (Fsp3) is 0.609. The van der Waals surface area contributed by atoms with E-state index in [4.69, 9.17) is 9.15 Å². The molecule has 4 rings (SSSR count). The van der Waals surface area contributed by atoms with Gasteiger partial charge in [-0.2, -0.15) is 0 Å². The van der Waals surface area contributed by atoms with E-state index in [1.54, 1.807) is 6.26 Å². The molecular formula is C23H31NO3. The molecular weight excluding hydrogens is 338 g/mol. The monoisotopic (exact) mass is 369 g/mol. The van der Waals surface area contributed by atoms with Crippen LogP contribution in [-0.2, 0) is 0 Å². The summed E-state index contributed by atoms with van der Waals surface area (Å²) in [6, 6.07) is 6.26. The number of hydrogen-bond donors (Lipinski definition) is 0. The lowest BCUT2D eigenvalue weighted by Gasteiger charge is -2.32. The molecule has 1 saturated heterocycles. The van der Waals surface area contributed by atoms with Crippen molar-refractivity contribution in [2.45, 2.75) is 69.7 Å². The van der Waals surface area contributed by atoms with Crippen molar-refractivity contribution in [1.82, 2.24) is 4.90 Å². The van der Waals surface area contributed by atoms with Gasteiger partial charge in [0.05, 0.1) is 18.3 Å². The zero-order valence-electron chi connectivity index (χ0n) is 16.4. The molecule has 2 aliphatic rings. The maximum Gasteiger partial charge on any atom is 0.196 e. The van der Waals surface area contributed by atoms with Crippen LogP contribution in [0.5, 0.6) is 5.75 Å². The highest BCUT2D eigenvalue weighted by molar-refractivity contribution is 5.78. The molecule has 1 aliphatic heterocycles. The van der Waals surface area contributed by atoms with E-state index >= 15 is 0 Å². The van der Waals surface area contributed by atoms with E-state index in [2.05, 4.69) is 11.9 Å². The van der Waals surface area contributed by atoms with E-state index in [-0.39, 0.29) is 5.43 Å². The molecule has 146 valence electrons. The maximum absolute atomic E-state index is 13.0. The van der Waals surface area contributed by atoms with Crippen molar-refractivity contribution >= 4 is 11.0 Å². The third-order valence-corrected chi connectivity index (χ3v) is 6.46. The summed E-state index contributed by atoms with van der Waals surface area (Å²) in [6.07, 6.45) is 12.5. The Bertz CT molecular complexity index is 822. The molecule has 0 N–H and O–H groups in total. The summed E-state index contributed by atoms with van der Waals surface area (Å²) < 4.78 is 11.8. The van der Waals surface area contributed by atoms with Crippen molar-refractivity contribution < 1.29 is 9.15 Å². The highest BCUT2D eigenvalue weighted by Gasteiger charge is 2.21. The third-order valence-electron chi connectivity index (χ3n) is 6.46. The van der Waals surface area contributed by atoms with Gasteiger partial charge in [0.1, 0.15) is 11.3 Å². The second-order valence-corrected chi connectivity index (χ2v) is 8.28. The van der Waals surface area contributed by atoms with Gasteiger partial charge in [0.2, 0.25) is 0 Å². The molecule has 1 aromatic carbocycles. The van der Waals surface area contributed by atoms with Gasteiger partial charge in [-0.15, -0.1) is 0 Å². The minimum Gasteiger partial charge on any atom is -0.494 e. The van der Waals surface area contributed by atoms with Gasteiger partial charge in [0.15, 0.2) is 5.43 Å². The fourth-order valence-corrected chi connectivity index (χ4v) is 4.73. The van der Waals surface area contributed by atoms with E-state index in [1.165, 1.54) is 45.1 Å². The van der Waals surface area contributed by atoms with Crippen LogP contribution in [0.15, 0.2) is 33.7 Å². The molecule has 4 heteroatoms. The molecule has 1 aliphatic carbocycles. The number of ether oxygens (including phenoxy) is 1. The SMILES string of the molecule is CN1CCCCC1CCOc1ccc2occ(C3CCCCC3)c(=O)c2c1. The zero-order valence-corrected chi connectivity index (χ0v) is 16.4. The number of likely N-dealkylation sites (tertiary alicyclic amines) is 1. The Labute approximate surface area is 161 Å². The number of benzene rings is 1. The van der Waals surface area contributed by atoms with Crippen molar-refractivity contribution in [3.8, 4) is 5.75 Å². The minimum absolute atomic E-state index is 0.126. The smallest absolute Gasteiger partial charge is 0.196 e. The summed E-state index contributed by atoms with van der Waals surface area (Å²) in [5.41, 5.74) is 1.63. The Kier molecular flexibility index (Phi) is 5.82. The Hall–Kier alpha value is -1.81. The van der Waals surface area contributed by atoms with Gasteiger partial charge in [-0.25, -0.2) is 0 Å². The summed E-state index contributed by atoms with van der Waals surface area (Å²) in [4.78, 5) is 15.5. The average molecular weight is 370 g/mol. The Morgan fingerprint density at radius 3 is 2.74 bits per heavy atom. The van der Waals surface area contributed by atoms with E-state index in [9.17, 15) is 4.79 Å². The molecule has 2 fully saturated rings. The second-order valence-electron chi connectivity index (χ2n) is 8.28. The van der Waals surface area contributed by atoms with Crippen LogP contribution >= 0.6 is 0 Å². The highest BCUT2D eigenvalue weighted by Crippen LogP contribution is 2.32. The van der Waals surface area contributed by atoms with Crippen molar-refractivity contribution in [2.24, 2.45) is 0 Å². The quantitative estimate of drug-likeness (QED) is 0.736. The third kappa shape index (κ3) is 4.21. The van der Waals surface area contributed by atoms with Crippen LogP contribution < -0.4 is 10.2 Å². The number of piperidine rings is 1. The number of nitrogens with zero attached hydrogens (tertiary/aromatic N) is 1. The molecule has 2 heterocycles. The average Bonchev–Trinajstić information content (AvgIpc) is 2.71. The number of hydrogen-bond acceptors (Lipinski definition) is 4. The molecule has 1 saturated carbocycles. The summed E-state index contributed by atoms with van der Waals surface area (Å²) in [5.74, 6) is 1.12. The van der Waals surface area contributed by atoms with Gasteiger partial charge in [0.25, 0.3) is 0 Å². The predicted molar refractivity (Wildman–Crippen MR) is 109 cm³/mol. The molecule has 2 aromatic rings. The van der Waals surface area contributed by atoms with Gasteiger partial charge < -0.3 is 14.1 Å².